The Morgan fingerprint density at radius 3 is 2.82 bits per heavy atom. The molecule has 0 N–H and O–H groups in total. The van der Waals surface area contributed by atoms with Crippen LogP contribution in [0, 0.1) is 5.92 Å². The maximum Gasteiger partial charge on any atom is 0.244 e. The Labute approximate surface area is 101 Å². The molecule has 0 radical (unpaired) electrons. The van der Waals surface area contributed by atoms with E-state index >= 15 is 0 Å². The van der Waals surface area contributed by atoms with Crippen LogP contribution in [-0.4, -0.2) is 12.6 Å². The predicted octanol–water partition coefficient (Wildman–Crippen LogP) is 2.67. The standard InChI is InChI=1S/C14H16O3/c1-11(9-15)7-13-10-16-14(17-13)8-12-5-3-2-4-6-12/h2-6,9-11,14H,7-8H2,1H3. The van der Waals surface area contributed by atoms with Crippen molar-refractivity contribution in [2.24, 2.45) is 5.92 Å². The van der Waals surface area contributed by atoms with Gasteiger partial charge in [0.15, 0.2) is 0 Å². The molecule has 0 saturated carbocycles. The Kier molecular flexibility index (Phi) is 3.81. The molecule has 0 amide bonds. The van der Waals surface area contributed by atoms with E-state index in [-0.39, 0.29) is 12.2 Å². The van der Waals surface area contributed by atoms with Gasteiger partial charge in [-0.1, -0.05) is 37.3 Å². The van der Waals surface area contributed by atoms with E-state index in [1.54, 1.807) is 6.26 Å². The van der Waals surface area contributed by atoms with Crippen molar-refractivity contribution in [2.75, 3.05) is 0 Å². The second-order valence-electron chi connectivity index (χ2n) is 4.27. The van der Waals surface area contributed by atoms with Gasteiger partial charge in [-0.05, 0) is 5.56 Å². The third-order valence-corrected chi connectivity index (χ3v) is 2.63. The van der Waals surface area contributed by atoms with Gasteiger partial charge in [0.25, 0.3) is 0 Å². The zero-order chi connectivity index (χ0) is 12.1. The zero-order valence-corrected chi connectivity index (χ0v) is 9.84. The third-order valence-electron chi connectivity index (χ3n) is 2.63. The van der Waals surface area contributed by atoms with Gasteiger partial charge in [0.1, 0.15) is 18.3 Å². The van der Waals surface area contributed by atoms with Gasteiger partial charge >= 0.3 is 0 Å². The van der Waals surface area contributed by atoms with Gasteiger partial charge in [-0.15, -0.1) is 0 Å². The minimum absolute atomic E-state index is 0.0275. The molecule has 17 heavy (non-hydrogen) atoms. The molecule has 0 bridgehead atoms. The fourth-order valence-electron chi connectivity index (χ4n) is 1.73. The molecule has 1 aliphatic rings. The average molecular weight is 232 g/mol. The second kappa shape index (κ2) is 5.53. The fraction of sp³-hybridized carbons (Fsp3) is 0.357. The molecule has 90 valence electrons. The molecule has 2 rings (SSSR count). The van der Waals surface area contributed by atoms with Crippen molar-refractivity contribution in [3.63, 3.8) is 0 Å². The smallest absolute Gasteiger partial charge is 0.244 e. The molecule has 2 unspecified atom stereocenters. The van der Waals surface area contributed by atoms with Crippen LogP contribution in [0.5, 0.6) is 0 Å². The fourth-order valence-corrected chi connectivity index (χ4v) is 1.73. The van der Waals surface area contributed by atoms with Crippen LogP contribution in [0.4, 0.5) is 0 Å². The van der Waals surface area contributed by atoms with E-state index in [2.05, 4.69) is 0 Å². The number of carbonyl (C=O) groups is 1. The monoisotopic (exact) mass is 232 g/mol. The summed E-state index contributed by atoms with van der Waals surface area (Å²) in [6.45, 7) is 1.86. The first kappa shape index (κ1) is 11.7. The van der Waals surface area contributed by atoms with Crippen LogP contribution in [0.2, 0.25) is 0 Å². The highest BCUT2D eigenvalue weighted by Crippen LogP contribution is 2.22. The first-order chi connectivity index (χ1) is 8.28. The van der Waals surface area contributed by atoms with Crippen LogP contribution in [0.3, 0.4) is 0 Å². The van der Waals surface area contributed by atoms with Gasteiger partial charge in [0, 0.05) is 18.8 Å². The Morgan fingerprint density at radius 2 is 2.12 bits per heavy atom. The maximum absolute atomic E-state index is 10.5. The van der Waals surface area contributed by atoms with Gasteiger partial charge in [-0.25, -0.2) is 0 Å². The summed E-state index contributed by atoms with van der Waals surface area (Å²) in [4.78, 5) is 10.5. The molecule has 1 aromatic carbocycles. The summed E-state index contributed by atoms with van der Waals surface area (Å²) in [6.07, 6.45) is 3.61. The van der Waals surface area contributed by atoms with Crippen LogP contribution < -0.4 is 0 Å². The lowest BCUT2D eigenvalue weighted by Gasteiger charge is -2.12. The number of hydrogen-bond acceptors (Lipinski definition) is 3. The SMILES string of the molecule is CC(C=O)CC1=COC(Cc2ccccc2)O1. The summed E-state index contributed by atoms with van der Waals surface area (Å²) in [5, 5.41) is 0. The van der Waals surface area contributed by atoms with E-state index in [0.29, 0.717) is 6.42 Å². The summed E-state index contributed by atoms with van der Waals surface area (Å²) < 4.78 is 11.0. The van der Waals surface area contributed by atoms with Crippen molar-refractivity contribution in [3.8, 4) is 0 Å². The summed E-state index contributed by atoms with van der Waals surface area (Å²) >= 11 is 0. The maximum atomic E-state index is 10.5. The largest absolute Gasteiger partial charge is 0.459 e. The minimum Gasteiger partial charge on any atom is -0.459 e. The quantitative estimate of drug-likeness (QED) is 0.732. The van der Waals surface area contributed by atoms with Crippen LogP contribution in [0.25, 0.3) is 0 Å². The molecule has 3 heteroatoms. The van der Waals surface area contributed by atoms with Gasteiger partial charge in [0.2, 0.25) is 6.29 Å². The van der Waals surface area contributed by atoms with Gasteiger partial charge in [-0.2, -0.15) is 0 Å². The van der Waals surface area contributed by atoms with Crippen LogP contribution in [0.15, 0.2) is 42.4 Å². The van der Waals surface area contributed by atoms with Crippen molar-refractivity contribution in [3.05, 3.63) is 47.9 Å². The minimum atomic E-state index is -0.258. The van der Waals surface area contributed by atoms with Gasteiger partial charge in [-0.3, -0.25) is 0 Å². The number of benzene rings is 1. The second-order valence-corrected chi connectivity index (χ2v) is 4.27. The molecule has 3 nitrogen and oxygen atoms in total. The summed E-state index contributed by atoms with van der Waals surface area (Å²) in [5.41, 5.74) is 1.18. The highest BCUT2D eigenvalue weighted by Gasteiger charge is 2.20. The Balaban J connectivity index is 1.82. The van der Waals surface area contributed by atoms with Crippen molar-refractivity contribution in [1.82, 2.24) is 0 Å². The summed E-state index contributed by atoms with van der Waals surface area (Å²) in [5.74, 6) is 0.728. The normalized spacial score (nSPS) is 20.1. The molecule has 1 aliphatic heterocycles. The lowest BCUT2D eigenvalue weighted by molar-refractivity contribution is -0.111. The van der Waals surface area contributed by atoms with E-state index in [9.17, 15) is 4.79 Å². The van der Waals surface area contributed by atoms with Crippen molar-refractivity contribution < 1.29 is 14.3 Å². The van der Waals surface area contributed by atoms with Gasteiger partial charge in [0.05, 0.1) is 0 Å². The number of rotatable bonds is 5. The lowest BCUT2D eigenvalue weighted by Crippen LogP contribution is -2.12. The number of ether oxygens (including phenoxy) is 2. The third kappa shape index (κ3) is 3.34. The molecule has 1 heterocycles. The summed E-state index contributed by atoms with van der Waals surface area (Å²) in [7, 11) is 0. The van der Waals surface area contributed by atoms with Gasteiger partial charge < -0.3 is 14.3 Å². The zero-order valence-electron chi connectivity index (χ0n) is 9.84. The van der Waals surface area contributed by atoms with Crippen LogP contribution in [-0.2, 0) is 20.7 Å². The van der Waals surface area contributed by atoms with Crippen LogP contribution >= 0.6 is 0 Å². The molecule has 1 aromatic rings. The average Bonchev–Trinajstić information content (AvgIpc) is 2.77. The first-order valence-electron chi connectivity index (χ1n) is 5.78. The van der Waals surface area contributed by atoms with Crippen molar-refractivity contribution in [2.45, 2.75) is 26.1 Å². The molecule has 0 fully saturated rings. The molecule has 0 spiro atoms. The van der Waals surface area contributed by atoms with E-state index in [4.69, 9.17) is 9.47 Å². The van der Waals surface area contributed by atoms with Crippen molar-refractivity contribution in [1.29, 1.82) is 0 Å². The Hall–Kier alpha value is -1.77. The summed E-state index contributed by atoms with van der Waals surface area (Å²) in [6, 6.07) is 10.0. The number of hydrogen-bond donors (Lipinski definition) is 0. The lowest BCUT2D eigenvalue weighted by atomic mass is 10.1. The topological polar surface area (TPSA) is 35.5 Å². The molecular weight excluding hydrogens is 216 g/mol. The van der Waals surface area contributed by atoms with E-state index in [1.807, 2.05) is 37.3 Å². The van der Waals surface area contributed by atoms with Crippen molar-refractivity contribution >= 4 is 6.29 Å². The number of allylic oxidation sites excluding steroid dienone is 1. The molecule has 0 saturated heterocycles. The highest BCUT2D eigenvalue weighted by atomic mass is 16.7. The molecular formula is C14H16O3. The van der Waals surface area contributed by atoms with Crippen LogP contribution in [0.1, 0.15) is 18.9 Å². The number of carbonyl (C=O) groups excluding carboxylic acids is 1. The molecule has 2 atom stereocenters. The van der Waals surface area contributed by atoms with E-state index in [0.717, 1.165) is 18.5 Å². The first-order valence-corrected chi connectivity index (χ1v) is 5.78. The Bertz CT molecular complexity index is 397. The van der Waals surface area contributed by atoms with E-state index in [1.165, 1.54) is 5.56 Å². The molecule has 0 aliphatic carbocycles. The van der Waals surface area contributed by atoms with E-state index < -0.39 is 0 Å². The highest BCUT2D eigenvalue weighted by molar-refractivity contribution is 5.53. The number of aldehydes is 1. The predicted molar refractivity (Wildman–Crippen MR) is 64.0 cm³/mol. The Morgan fingerprint density at radius 1 is 1.35 bits per heavy atom. The molecule has 0 aromatic heterocycles.